The van der Waals surface area contributed by atoms with E-state index >= 15 is 0 Å². The summed E-state index contributed by atoms with van der Waals surface area (Å²) in [6, 6.07) is 4.78. The molecule has 4 rings (SSSR count). The van der Waals surface area contributed by atoms with Crippen LogP contribution in [0.3, 0.4) is 0 Å². The molecule has 8 heteroatoms. The minimum atomic E-state index is -0.421. The van der Waals surface area contributed by atoms with E-state index in [9.17, 15) is 14.3 Å². The number of rotatable bonds is 5. The van der Waals surface area contributed by atoms with Crippen LogP contribution in [0.25, 0.3) is 0 Å². The maximum Gasteiger partial charge on any atom is 0.317 e. The van der Waals surface area contributed by atoms with Gasteiger partial charge in [0.05, 0.1) is 17.3 Å². The molecule has 2 aliphatic rings. The molecule has 2 N–H and O–H groups in total. The molecule has 166 valence electrons. The van der Waals surface area contributed by atoms with Crippen molar-refractivity contribution in [2.24, 2.45) is 5.92 Å². The van der Waals surface area contributed by atoms with E-state index in [1.807, 2.05) is 19.2 Å². The summed E-state index contributed by atoms with van der Waals surface area (Å²) in [5.74, 6) is 0.456. The average Bonchev–Trinajstić information content (AvgIpc) is 3.23. The number of nitrogens with one attached hydrogen (secondary N) is 1. The van der Waals surface area contributed by atoms with Crippen LogP contribution in [0.4, 0.5) is 9.18 Å². The van der Waals surface area contributed by atoms with E-state index in [-0.39, 0.29) is 35.5 Å². The van der Waals surface area contributed by atoms with Crippen molar-refractivity contribution in [3.05, 3.63) is 57.9 Å². The molecule has 3 atom stereocenters. The highest BCUT2D eigenvalue weighted by Crippen LogP contribution is 2.36. The number of aliphatic hydroxyl groups is 1. The predicted molar refractivity (Wildman–Crippen MR) is 116 cm³/mol. The Morgan fingerprint density at radius 3 is 3.03 bits per heavy atom. The van der Waals surface area contributed by atoms with Crippen LogP contribution in [0.15, 0.2) is 24.4 Å². The van der Waals surface area contributed by atoms with Gasteiger partial charge in [0.2, 0.25) is 0 Å². The Kier molecular flexibility index (Phi) is 6.72. The van der Waals surface area contributed by atoms with Gasteiger partial charge in [-0.25, -0.2) is 19.2 Å². The molecular weight excluding hydrogens is 419 g/mol. The molecule has 1 saturated carbocycles. The van der Waals surface area contributed by atoms with E-state index < -0.39 is 5.82 Å². The van der Waals surface area contributed by atoms with Crippen LogP contribution >= 0.6 is 11.6 Å². The number of hydrogen-bond donors (Lipinski definition) is 2. The molecule has 2 aromatic rings. The highest BCUT2D eigenvalue weighted by molar-refractivity contribution is 6.30. The molecule has 0 radical (unpaired) electrons. The fourth-order valence-electron chi connectivity index (χ4n) is 4.52. The molecule has 2 heterocycles. The summed E-state index contributed by atoms with van der Waals surface area (Å²) in [6.07, 6.45) is 5.94. The van der Waals surface area contributed by atoms with Gasteiger partial charge in [0.25, 0.3) is 0 Å². The van der Waals surface area contributed by atoms with E-state index in [4.69, 9.17) is 11.6 Å². The Labute approximate surface area is 186 Å². The molecular formula is C23H28ClFN4O2. The summed E-state index contributed by atoms with van der Waals surface area (Å²) in [7, 11) is 0. The van der Waals surface area contributed by atoms with Crippen molar-refractivity contribution in [1.82, 2.24) is 20.2 Å². The number of amides is 2. The van der Waals surface area contributed by atoms with Crippen LogP contribution in [-0.2, 0) is 19.4 Å². The molecule has 1 aliphatic carbocycles. The lowest BCUT2D eigenvalue weighted by molar-refractivity contribution is 0.186. The van der Waals surface area contributed by atoms with E-state index in [2.05, 4.69) is 15.3 Å². The molecule has 0 saturated heterocycles. The van der Waals surface area contributed by atoms with E-state index in [0.717, 1.165) is 42.5 Å². The zero-order chi connectivity index (χ0) is 22.0. The van der Waals surface area contributed by atoms with Crippen LogP contribution in [0.5, 0.6) is 0 Å². The minimum absolute atomic E-state index is 0.0270. The number of carbonyl (C=O) groups excluding carboxylic acids is 1. The van der Waals surface area contributed by atoms with E-state index in [0.29, 0.717) is 25.3 Å². The maximum absolute atomic E-state index is 13.9. The molecule has 1 aliphatic heterocycles. The van der Waals surface area contributed by atoms with Crippen LogP contribution < -0.4 is 5.32 Å². The van der Waals surface area contributed by atoms with Crippen LogP contribution in [0, 0.1) is 11.7 Å². The molecule has 1 fully saturated rings. The summed E-state index contributed by atoms with van der Waals surface area (Å²) in [5.41, 5.74) is 2.82. The number of halogens is 2. The van der Waals surface area contributed by atoms with Gasteiger partial charge in [-0.1, -0.05) is 31.0 Å². The van der Waals surface area contributed by atoms with Crippen LogP contribution in [0.2, 0.25) is 5.02 Å². The summed E-state index contributed by atoms with van der Waals surface area (Å²) in [5, 5.41) is 12.6. The van der Waals surface area contributed by atoms with Gasteiger partial charge in [0.1, 0.15) is 11.6 Å². The molecule has 1 aromatic carbocycles. The second kappa shape index (κ2) is 9.49. The van der Waals surface area contributed by atoms with Crippen molar-refractivity contribution in [1.29, 1.82) is 0 Å². The number of aliphatic hydroxyl groups excluding tert-OH is 1. The number of urea groups is 1. The van der Waals surface area contributed by atoms with Gasteiger partial charge >= 0.3 is 6.03 Å². The highest BCUT2D eigenvalue weighted by atomic mass is 35.5. The van der Waals surface area contributed by atoms with Crippen LogP contribution in [-0.4, -0.2) is 45.2 Å². The van der Waals surface area contributed by atoms with Crippen LogP contribution in [0.1, 0.15) is 54.7 Å². The van der Waals surface area contributed by atoms with Gasteiger partial charge in [-0.15, -0.1) is 0 Å². The lowest BCUT2D eigenvalue weighted by Crippen LogP contribution is -2.47. The molecule has 0 spiro atoms. The lowest BCUT2D eigenvalue weighted by atomic mass is 9.94. The van der Waals surface area contributed by atoms with E-state index in [1.165, 1.54) is 6.07 Å². The van der Waals surface area contributed by atoms with Gasteiger partial charge in [-0.3, -0.25) is 0 Å². The van der Waals surface area contributed by atoms with Crippen molar-refractivity contribution < 1.29 is 14.3 Å². The highest BCUT2D eigenvalue weighted by Gasteiger charge is 2.32. The first-order valence-electron chi connectivity index (χ1n) is 10.9. The number of benzene rings is 1. The summed E-state index contributed by atoms with van der Waals surface area (Å²) >= 11 is 5.82. The van der Waals surface area contributed by atoms with Crippen molar-refractivity contribution in [2.45, 2.75) is 57.5 Å². The van der Waals surface area contributed by atoms with Gasteiger partial charge in [0.15, 0.2) is 0 Å². The standard InChI is InChI=1S/C23H28ClFN4O2/c1-14(13-30)9-22-26-11-16-7-8-29(12-21(16)27-22)23(31)28-20-4-2-3-17(20)15-5-6-18(24)19(25)10-15/h5-6,10-11,14,17,20,30H,2-4,7-9,12-13H2,1H3,(H,28,31)/t14-,17+,20-/m1/s1. The smallest absolute Gasteiger partial charge is 0.317 e. The summed E-state index contributed by atoms with van der Waals surface area (Å²) in [4.78, 5) is 23.9. The first-order chi connectivity index (χ1) is 14.9. The Balaban J connectivity index is 1.42. The van der Waals surface area contributed by atoms with Gasteiger partial charge in [-0.05, 0) is 48.4 Å². The first kappa shape index (κ1) is 22.0. The number of nitrogens with zero attached hydrogens (tertiary/aromatic N) is 3. The Hall–Kier alpha value is -2.25. The molecule has 0 unspecified atom stereocenters. The molecule has 0 bridgehead atoms. The minimum Gasteiger partial charge on any atom is -0.396 e. The quantitative estimate of drug-likeness (QED) is 0.731. The topological polar surface area (TPSA) is 78.4 Å². The fourth-order valence-corrected chi connectivity index (χ4v) is 4.63. The third-order valence-corrected chi connectivity index (χ3v) is 6.63. The largest absolute Gasteiger partial charge is 0.396 e. The molecule has 2 amide bonds. The Morgan fingerprint density at radius 1 is 1.42 bits per heavy atom. The lowest BCUT2D eigenvalue weighted by Gasteiger charge is -2.31. The Bertz CT molecular complexity index is 957. The number of aromatic nitrogens is 2. The maximum atomic E-state index is 13.9. The monoisotopic (exact) mass is 446 g/mol. The van der Waals surface area contributed by atoms with Gasteiger partial charge in [0, 0.05) is 37.7 Å². The average molecular weight is 447 g/mol. The first-order valence-corrected chi connectivity index (χ1v) is 11.3. The third kappa shape index (κ3) is 4.99. The summed E-state index contributed by atoms with van der Waals surface area (Å²) < 4.78 is 13.9. The van der Waals surface area contributed by atoms with Gasteiger partial charge < -0.3 is 15.3 Å². The Morgan fingerprint density at radius 2 is 2.26 bits per heavy atom. The fraction of sp³-hybridized carbons (Fsp3) is 0.522. The third-order valence-electron chi connectivity index (χ3n) is 6.32. The van der Waals surface area contributed by atoms with Crippen molar-refractivity contribution in [3.63, 3.8) is 0 Å². The molecule has 6 nitrogen and oxygen atoms in total. The van der Waals surface area contributed by atoms with Gasteiger partial charge in [-0.2, -0.15) is 0 Å². The number of fused-ring (bicyclic) bond motifs is 1. The predicted octanol–water partition coefficient (Wildman–Crippen LogP) is 3.84. The molecule has 31 heavy (non-hydrogen) atoms. The molecule has 1 aromatic heterocycles. The normalized spacial score (nSPS) is 21.6. The zero-order valence-electron chi connectivity index (χ0n) is 17.7. The van der Waals surface area contributed by atoms with E-state index in [1.54, 1.807) is 11.0 Å². The second-order valence-corrected chi connectivity index (χ2v) is 9.10. The summed E-state index contributed by atoms with van der Waals surface area (Å²) in [6.45, 7) is 3.10. The second-order valence-electron chi connectivity index (χ2n) is 8.69. The number of carbonyl (C=O) groups is 1. The van der Waals surface area contributed by atoms with Crippen molar-refractivity contribution >= 4 is 17.6 Å². The SMILES string of the molecule is C[C@@H](CO)Cc1ncc2c(n1)CN(C(=O)N[C@@H]1CCC[C@H]1c1ccc(Cl)c(F)c1)CC2. The van der Waals surface area contributed by atoms with Crippen molar-refractivity contribution in [3.8, 4) is 0 Å². The van der Waals surface area contributed by atoms with Crippen molar-refractivity contribution in [2.75, 3.05) is 13.2 Å². The zero-order valence-corrected chi connectivity index (χ0v) is 18.4. The number of hydrogen-bond acceptors (Lipinski definition) is 4.